The molecule has 12 rings (SSSR count). The third-order valence-electron chi connectivity index (χ3n) is 10.8. The first-order valence-electron chi connectivity index (χ1n) is 18.4. The van der Waals surface area contributed by atoms with E-state index in [1.165, 1.54) is 10.8 Å². The van der Waals surface area contributed by atoms with Crippen molar-refractivity contribution in [2.75, 3.05) is 4.90 Å². The average molecular weight is 708 g/mol. The maximum atomic E-state index is 6.47. The first kappa shape index (κ1) is 29.9. The highest BCUT2D eigenvalue weighted by Gasteiger charge is 2.23. The number of furan rings is 2. The zero-order valence-corrected chi connectivity index (χ0v) is 29.3. The molecular weight excluding hydrogens is 679 g/mol. The minimum absolute atomic E-state index is 0.579. The van der Waals surface area contributed by atoms with Gasteiger partial charge in [-0.15, -0.1) is 0 Å². The summed E-state index contributed by atoms with van der Waals surface area (Å²) >= 11 is 0. The van der Waals surface area contributed by atoms with Gasteiger partial charge < -0.3 is 22.7 Å². The van der Waals surface area contributed by atoms with Crippen LogP contribution in [-0.2, 0) is 0 Å². The Hall–Kier alpha value is -7.57. The Bertz CT molecular complexity index is 3440. The summed E-state index contributed by atoms with van der Waals surface area (Å²) in [6.45, 7) is 0. The summed E-state index contributed by atoms with van der Waals surface area (Å²) in [6.07, 6.45) is 0. The number of rotatable bonds is 5. The van der Waals surface area contributed by atoms with Crippen LogP contribution in [0.4, 0.5) is 17.1 Å². The van der Waals surface area contributed by atoms with Crippen LogP contribution < -0.4 is 4.90 Å². The molecule has 0 spiro atoms. The first-order valence-corrected chi connectivity index (χ1v) is 18.4. The molecule has 0 amide bonds. The zero-order valence-electron chi connectivity index (χ0n) is 29.3. The number of aromatic nitrogens is 2. The smallest absolute Gasteiger partial charge is 0.227 e. The number of oxazole rings is 1. The quantitative estimate of drug-likeness (QED) is 0.178. The maximum absolute atomic E-state index is 6.47. The fourth-order valence-corrected chi connectivity index (χ4v) is 8.41. The summed E-state index contributed by atoms with van der Waals surface area (Å²) in [6, 6.07) is 60.9. The lowest BCUT2D eigenvalue weighted by atomic mass is 10.1. The summed E-state index contributed by atoms with van der Waals surface area (Å²) in [5, 5.41) is 6.39. The molecule has 0 saturated heterocycles. The third kappa shape index (κ3) is 4.46. The summed E-state index contributed by atoms with van der Waals surface area (Å²) in [4.78, 5) is 7.37. The highest BCUT2D eigenvalue weighted by molar-refractivity contribution is 6.19. The van der Waals surface area contributed by atoms with Crippen molar-refractivity contribution in [2.45, 2.75) is 0 Å². The molecule has 258 valence electrons. The summed E-state index contributed by atoms with van der Waals surface area (Å²) in [5.74, 6) is 0.579. The Kier molecular flexibility index (Phi) is 6.24. The van der Waals surface area contributed by atoms with Crippen LogP contribution in [0.1, 0.15) is 0 Å². The lowest BCUT2D eigenvalue weighted by Crippen LogP contribution is -2.10. The summed E-state index contributed by atoms with van der Waals surface area (Å²) < 4.78 is 21.6. The lowest BCUT2D eigenvalue weighted by Gasteiger charge is -2.26. The van der Waals surface area contributed by atoms with E-state index in [1.54, 1.807) is 0 Å². The second-order valence-electron chi connectivity index (χ2n) is 13.9. The molecule has 0 aliphatic rings. The minimum Gasteiger partial charge on any atom is -0.456 e. The second kappa shape index (κ2) is 11.5. The van der Waals surface area contributed by atoms with Crippen molar-refractivity contribution in [3.05, 3.63) is 176 Å². The molecule has 0 bridgehead atoms. The van der Waals surface area contributed by atoms with Gasteiger partial charge >= 0.3 is 0 Å². The number of benzene rings is 8. The summed E-state index contributed by atoms with van der Waals surface area (Å²) in [5.41, 5.74) is 12.0. The number of hydrogen-bond acceptors (Lipinski definition) is 5. The van der Waals surface area contributed by atoms with Gasteiger partial charge in [0.05, 0.1) is 27.5 Å². The molecule has 6 nitrogen and oxygen atoms in total. The molecule has 6 heteroatoms. The summed E-state index contributed by atoms with van der Waals surface area (Å²) in [7, 11) is 0. The van der Waals surface area contributed by atoms with Crippen LogP contribution in [0.5, 0.6) is 0 Å². The largest absolute Gasteiger partial charge is 0.456 e. The zero-order chi connectivity index (χ0) is 36.0. The van der Waals surface area contributed by atoms with Crippen molar-refractivity contribution < 1.29 is 13.3 Å². The van der Waals surface area contributed by atoms with Crippen molar-refractivity contribution >= 4 is 93.8 Å². The van der Waals surface area contributed by atoms with Crippen LogP contribution in [-0.4, -0.2) is 9.55 Å². The Morgan fingerprint density at radius 2 is 1.05 bits per heavy atom. The van der Waals surface area contributed by atoms with Gasteiger partial charge in [0, 0.05) is 44.2 Å². The van der Waals surface area contributed by atoms with Crippen molar-refractivity contribution in [1.29, 1.82) is 0 Å². The molecule has 0 saturated carbocycles. The maximum Gasteiger partial charge on any atom is 0.227 e. The average Bonchev–Trinajstić information content (AvgIpc) is 4.02. The molecule has 0 aliphatic heterocycles. The Balaban J connectivity index is 1.15. The molecule has 0 N–H and O–H groups in total. The Labute approximate surface area is 313 Å². The van der Waals surface area contributed by atoms with Crippen LogP contribution in [0.2, 0.25) is 0 Å². The van der Waals surface area contributed by atoms with E-state index in [0.717, 1.165) is 88.7 Å². The van der Waals surface area contributed by atoms with Crippen molar-refractivity contribution in [3.8, 4) is 17.1 Å². The van der Waals surface area contributed by atoms with Crippen LogP contribution in [0, 0.1) is 0 Å². The normalized spacial score (nSPS) is 12.0. The Morgan fingerprint density at radius 1 is 0.418 bits per heavy atom. The van der Waals surface area contributed by atoms with Crippen molar-refractivity contribution in [2.24, 2.45) is 0 Å². The predicted octanol–water partition coefficient (Wildman–Crippen LogP) is 13.9. The molecule has 0 fully saturated rings. The first-order chi connectivity index (χ1) is 27.3. The van der Waals surface area contributed by atoms with Gasteiger partial charge in [-0.2, -0.15) is 0 Å². The highest BCUT2D eigenvalue weighted by atomic mass is 16.4. The standard InChI is InChI=1S/C49H29N3O3/c1-3-12-30(13-4-1)49-50-48-45(55-49)27-26-44-47(48)37-28-32(23-25-42(37)54-44)51(39-19-11-21-43-46(39)36-17-8-10-20-41(36)53-43)33-22-24-35-34-16-7-9-18-38(34)52(40(35)29-33)31-14-5-2-6-15-31/h1-29H. The molecule has 55 heavy (non-hydrogen) atoms. The third-order valence-corrected chi connectivity index (χ3v) is 10.8. The number of para-hydroxylation sites is 3. The van der Waals surface area contributed by atoms with E-state index >= 15 is 0 Å². The molecule has 0 atom stereocenters. The van der Waals surface area contributed by atoms with Gasteiger partial charge in [0.25, 0.3) is 0 Å². The second-order valence-corrected chi connectivity index (χ2v) is 13.9. The van der Waals surface area contributed by atoms with Gasteiger partial charge in [-0.05, 0) is 91.0 Å². The van der Waals surface area contributed by atoms with Gasteiger partial charge in [0.1, 0.15) is 27.8 Å². The lowest BCUT2D eigenvalue weighted by molar-refractivity contribution is 0.619. The van der Waals surface area contributed by atoms with Gasteiger partial charge in [0.2, 0.25) is 5.89 Å². The molecule has 8 aromatic carbocycles. The molecule has 0 radical (unpaired) electrons. The fraction of sp³-hybridized carbons (Fsp3) is 0. The molecule has 4 aromatic heterocycles. The fourth-order valence-electron chi connectivity index (χ4n) is 8.41. The highest BCUT2D eigenvalue weighted by Crippen LogP contribution is 2.46. The van der Waals surface area contributed by atoms with E-state index in [2.05, 4.69) is 125 Å². The Morgan fingerprint density at radius 3 is 1.93 bits per heavy atom. The number of hydrogen-bond donors (Lipinski definition) is 0. The van der Waals surface area contributed by atoms with E-state index in [4.69, 9.17) is 18.2 Å². The molecule has 12 aromatic rings. The predicted molar refractivity (Wildman–Crippen MR) is 223 cm³/mol. The van der Waals surface area contributed by atoms with Crippen LogP contribution in [0.15, 0.2) is 189 Å². The van der Waals surface area contributed by atoms with Gasteiger partial charge in [-0.3, -0.25) is 0 Å². The van der Waals surface area contributed by atoms with Crippen LogP contribution >= 0.6 is 0 Å². The van der Waals surface area contributed by atoms with Gasteiger partial charge in [0.15, 0.2) is 5.58 Å². The van der Waals surface area contributed by atoms with E-state index in [-0.39, 0.29) is 0 Å². The van der Waals surface area contributed by atoms with E-state index < -0.39 is 0 Å². The van der Waals surface area contributed by atoms with E-state index in [9.17, 15) is 0 Å². The SMILES string of the molecule is c1ccc(-c2nc3c(ccc4oc5ccc(N(c6ccc7c8ccccc8n(-c8ccccc8)c7c6)c6cccc7oc8ccccc8c67)cc5c43)o2)cc1. The van der Waals surface area contributed by atoms with Crippen molar-refractivity contribution in [3.63, 3.8) is 0 Å². The molecule has 0 aliphatic carbocycles. The van der Waals surface area contributed by atoms with Crippen molar-refractivity contribution in [1.82, 2.24) is 9.55 Å². The molecular formula is C49H29N3O3. The van der Waals surface area contributed by atoms with Crippen LogP contribution in [0.3, 0.4) is 0 Å². The monoisotopic (exact) mass is 707 g/mol. The number of nitrogens with zero attached hydrogens (tertiary/aromatic N) is 3. The molecule has 0 unspecified atom stereocenters. The van der Waals surface area contributed by atoms with Gasteiger partial charge in [-0.25, -0.2) is 4.98 Å². The number of anilines is 3. The van der Waals surface area contributed by atoms with Gasteiger partial charge in [-0.1, -0.05) is 84.9 Å². The van der Waals surface area contributed by atoms with E-state index in [1.807, 2.05) is 60.7 Å². The van der Waals surface area contributed by atoms with E-state index in [0.29, 0.717) is 11.5 Å². The minimum atomic E-state index is 0.579. The number of fused-ring (bicyclic) bond motifs is 11. The molecule has 4 heterocycles. The van der Waals surface area contributed by atoms with Crippen LogP contribution in [0.25, 0.3) is 93.9 Å². The topological polar surface area (TPSA) is 60.5 Å².